The van der Waals surface area contributed by atoms with Crippen LogP contribution in [0.3, 0.4) is 0 Å². The number of nitro groups is 1. The molecule has 1 aromatic carbocycles. The van der Waals surface area contributed by atoms with Crippen LogP contribution in [0.4, 0.5) is 5.69 Å². The number of thioether (sulfide) groups is 1. The van der Waals surface area contributed by atoms with Crippen molar-refractivity contribution in [2.75, 3.05) is 5.75 Å². The molecule has 1 aromatic heterocycles. The van der Waals surface area contributed by atoms with Gasteiger partial charge in [-0.05, 0) is 24.6 Å². The summed E-state index contributed by atoms with van der Waals surface area (Å²) in [5.74, 6) is 1.40. The van der Waals surface area contributed by atoms with Crippen LogP contribution in [0.25, 0.3) is 0 Å². The van der Waals surface area contributed by atoms with Crippen LogP contribution in [-0.4, -0.2) is 31.3 Å². The predicted molar refractivity (Wildman–Crippen MR) is 70.5 cm³/mol. The van der Waals surface area contributed by atoms with Crippen molar-refractivity contribution < 1.29 is 21.9 Å². The zero-order chi connectivity index (χ0) is 13.4. The molecule has 0 saturated heterocycles. The Balaban J connectivity index is 0.00000147. The molecular formula is C11H9BrN5O2S-. The first-order valence-corrected chi connectivity index (χ1v) is 6.51. The number of rotatable bonds is 2. The van der Waals surface area contributed by atoms with Gasteiger partial charge < -0.3 is 17.0 Å². The molecule has 9 heteroatoms. The van der Waals surface area contributed by atoms with Crippen LogP contribution < -0.4 is 17.0 Å². The van der Waals surface area contributed by atoms with E-state index in [0.29, 0.717) is 5.75 Å². The highest BCUT2D eigenvalue weighted by atomic mass is 79.9. The molecule has 1 aliphatic heterocycles. The lowest BCUT2D eigenvalue weighted by Gasteiger charge is -2.12. The Hall–Kier alpha value is -1.74. The van der Waals surface area contributed by atoms with E-state index >= 15 is 0 Å². The standard InChI is InChI=1S/C11H9N5O2S.BrH/c1-7-12-13-11-15(7)14-10(6-19-11)8-2-4-9(5-3-8)16(17)18;/h2-5H,6H2,1H3;1H/p-1. The summed E-state index contributed by atoms with van der Waals surface area (Å²) < 4.78 is 1.69. The summed E-state index contributed by atoms with van der Waals surface area (Å²) in [5.41, 5.74) is 1.81. The van der Waals surface area contributed by atoms with Gasteiger partial charge in [0.2, 0.25) is 5.16 Å². The van der Waals surface area contributed by atoms with Crippen molar-refractivity contribution in [1.29, 1.82) is 0 Å². The number of benzene rings is 1. The predicted octanol–water partition coefficient (Wildman–Crippen LogP) is -1.14. The van der Waals surface area contributed by atoms with Crippen molar-refractivity contribution in [2.24, 2.45) is 5.10 Å². The van der Waals surface area contributed by atoms with Crippen LogP contribution in [0.15, 0.2) is 34.5 Å². The second kappa shape index (κ2) is 5.71. The van der Waals surface area contributed by atoms with Crippen LogP contribution in [0.2, 0.25) is 0 Å². The third-order valence-electron chi connectivity index (χ3n) is 2.74. The van der Waals surface area contributed by atoms with E-state index in [1.54, 1.807) is 28.6 Å². The number of aryl methyl sites for hydroxylation is 1. The van der Waals surface area contributed by atoms with Gasteiger partial charge in [0, 0.05) is 17.9 Å². The summed E-state index contributed by atoms with van der Waals surface area (Å²) in [5, 5.41) is 23.8. The van der Waals surface area contributed by atoms with E-state index in [9.17, 15) is 10.1 Å². The summed E-state index contributed by atoms with van der Waals surface area (Å²) in [6, 6.07) is 6.39. The minimum Gasteiger partial charge on any atom is -1.00 e. The largest absolute Gasteiger partial charge is 1.00 e. The summed E-state index contributed by atoms with van der Waals surface area (Å²) in [7, 11) is 0. The Morgan fingerprint density at radius 3 is 2.65 bits per heavy atom. The quantitative estimate of drug-likeness (QED) is 0.502. The normalized spacial score (nSPS) is 13.2. The molecule has 104 valence electrons. The van der Waals surface area contributed by atoms with Crippen LogP contribution in [0.1, 0.15) is 11.4 Å². The lowest BCUT2D eigenvalue weighted by Crippen LogP contribution is -3.00. The van der Waals surface area contributed by atoms with Gasteiger partial charge in [0.25, 0.3) is 5.69 Å². The highest BCUT2D eigenvalue weighted by Gasteiger charge is 2.18. The fraction of sp³-hybridized carbons (Fsp3) is 0.182. The maximum atomic E-state index is 10.6. The van der Waals surface area contributed by atoms with Gasteiger partial charge in [-0.2, -0.15) is 9.78 Å². The van der Waals surface area contributed by atoms with Crippen LogP contribution in [0, 0.1) is 17.0 Å². The Labute approximate surface area is 129 Å². The van der Waals surface area contributed by atoms with E-state index in [-0.39, 0.29) is 22.7 Å². The topological polar surface area (TPSA) is 86.2 Å². The van der Waals surface area contributed by atoms with Gasteiger partial charge in [-0.1, -0.05) is 11.8 Å². The van der Waals surface area contributed by atoms with E-state index in [4.69, 9.17) is 0 Å². The van der Waals surface area contributed by atoms with Crippen LogP contribution >= 0.6 is 11.8 Å². The molecule has 1 aliphatic rings. The van der Waals surface area contributed by atoms with E-state index < -0.39 is 4.92 Å². The Morgan fingerprint density at radius 1 is 1.30 bits per heavy atom. The number of halogens is 1. The number of hydrogen-bond donors (Lipinski definition) is 0. The van der Waals surface area contributed by atoms with E-state index in [2.05, 4.69) is 15.3 Å². The van der Waals surface area contributed by atoms with Gasteiger partial charge >= 0.3 is 0 Å². The Morgan fingerprint density at radius 2 is 2.00 bits per heavy atom. The van der Waals surface area contributed by atoms with E-state index in [1.807, 2.05) is 6.92 Å². The molecule has 2 heterocycles. The van der Waals surface area contributed by atoms with E-state index in [0.717, 1.165) is 22.3 Å². The molecule has 3 rings (SSSR count). The number of aromatic nitrogens is 3. The first kappa shape index (κ1) is 14.7. The fourth-order valence-corrected chi connectivity index (χ4v) is 2.63. The maximum absolute atomic E-state index is 10.6. The minimum absolute atomic E-state index is 0. The first-order valence-electron chi connectivity index (χ1n) is 5.52. The molecule has 0 amide bonds. The molecule has 0 aliphatic carbocycles. The number of hydrogen-bond acceptors (Lipinski definition) is 6. The SMILES string of the molecule is Cc1nnc2n1N=C(c1ccc([N+](=O)[O-])cc1)CS2.[Br-]. The van der Waals surface area contributed by atoms with Gasteiger partial charge in [-0.25, -0.2) is 0 Å². The summed E-state index contributed by atoms with van der Waals surface area (Å²) in [6.07, 6.45) is 0. The molecular weight excluding hydrogens is 346 g/mol. The molecule has 0 saturated carbocycles. The zero-order valence-electron chi connectivity index (χ0n) is 10.4. The van der Waals surface area contributed by atoms with Crippen molar-refractivity contribution in [1.82, 2.24) is 14.9 Å². The molecule has 0 fully saturated rings. The second-order valence-electron chi connectivity index (χ2n) is 3.98. The molecule has 20 heavy (non-hydrogen) atoms. The van der Waals surface area contributed by atoms with Gasteiger partial charge in [0.1, 0.15) is 0 Å². The summed E-state index contributed by atoms with van der Waals surface area (Å²) in [6.45, 7) is 1.83. The molecule has 0 atom stereocenters. The molecule has 0 radical (unpaired) electrons. The highest BCUT2D eigenvalue weighted by molar-refractivity contribution is 7.99. The number of nitrogens with zero attached hydrogens (tertiary/aromatic N) is 5. The first-order chi connectivity index (χ1) is 9.15. The lowest BCUT2D eigenvalue weighted by atomic mass is 10.1. The third-order valence-corrected chi connectivity index (χ3v) is 3.67. The monoisotopic (exact) mass is 354 g/mol. The lowest BCUT2D eigenvalue weighted by molar-refractivity contribution is -0.384. The molecule has 0 unspecified atom stereocenters. The van der Waals surface area contributed by atoms with Gasteiger partial charge in [0.15, 0.2) is 5.82 Å². The van der Waals surface area contributed by atoms with E-state index in [1.165, 1.54) is 12.1 Å². The smallest absolute Gasteiger partial charge is 0.269 e. The van der Waals surface area contributed by atoms with Gasteiger partial charge in [-0.15, -0.1) is 10.2 Å². The van der Waals surface area contributed by atoms with Crippen molar-refractivity contribution >= 4 is 23.2 Å². The fourth-order valence-electron chi connectivity index (χ4n) is 1.74. The second-order valence-corrected chi connectivity index (χ2v) is 4.92. The number of nitro benzene ring substituents is 1. The minimum atomic E-state index is -0.413. The Bertz CT molecular complexity index is 683. The average molecular weight is 355 g/mol. The molecule has 0 N–H and O–H groups in total. The van der Waals surface area contributed by atoms with Gasteiger partial charge in [-0.3, -0.25) is 10.1 Å². The third kappa shape index (κ3) is 2.59. The summed E-state index contributed by atoms with van der Waals surface area (Å²) >= 11 is 1.55. The van der Waals surface area contributed by atoms with Crippen molar-refractivity contribution in [3.05, 3.63) is 45.8 Å². The molecule has 0 bridgehead atoms. The van der Waals surface area contributed by atoms with Crippen molar-refractivity contribution in [2.45, 2.75) is 12.1 Å². The zero-order valence-corrected chi connectivity index (χ0v) is 12.8. The van der Waals surface area contributed by atoms with Crippen LogP contribution in [0.5, 0.6) is 0 Å². The van der Waals surface area contributed by atoms with Crippen LogP contribution in [-0.2, 0) is 0 Å². The molecule has 2 aromatic rings. The van der Waals surface area contributed by atoms with Crippen molar-refractivity contribution in [3.8, 4) is 0 Å². The van der Waals surface area contributed by atoms with Crippen molar-refractivity contribution in [3.63, 3.8) is 0 Å². The summed E-state index contributed by atoms with van der Waals surface area (Å²) in [4.78, 5) is 10.2. The molecule has 0 spiro atoms. The highest BCUT2D eigenvalue weighted by Crippen LogP contribution is 2.24. The number of fused-ring (bicyclic) bond motifs is 1. The van der Waals surface area contributed by atoms with Gasteiger partial charge in [0.05, 0.1) is 10.6 Å². The average Bonchev–Trinajstić information content (AvgIpc) is 2.80. The molecule has 7 nitrogen and oxygen atoms in total. The number of non-ortho nitro benzene ring substituents is 1. The Kier molecular flexibility index (Phi) is 4.19. The maximum Gasteiger partial charge on any atom is 0.269 e.